The second kappa shape index (κ2) is 8.55. The van der Waals surface area contributed by atoms with Crippen LogP contribution in [0.3, 0.4) is 0 Å². The van der Waals surface area contributed by atoms with Crippen LogP contribution in [0.1, 0.15) is 31.2 Å². The van der Waals surface area contributed by atoms with Crippen LogP contribution >= 0.6 is 11.6 Å². The van der Waals surface area contributed by atoms with Gasteiger partial charge in [-0.05, 0) is 36.6 Å². The summed E-state index contributed by atoms with van der Waals surface area (Å²) in [6, 6.07) is 15.5. The van der Waals surface area contributed by atoms with Gasteiger partial charge in [0.15, 0.2) is 0 Å². The van der Waals surface area contributed by atoms with E-state index in [1.807, 2.05) is 45.5 Å². The van der Waals surface area contributed by atoms with E-state index in [0.29, 0.717) is 22.7 Å². The quantitative estimate of drug-likeness (QED) is 0.464. The third kappa shape index (κ3) is 3.95. The van der Waals surface area contributed by atoms with E-state index in [-0.39, 0.29) is 5.56 Å². The van der Waals surface area contributed by atoms with Crippen molar-refractivity contribution in [3.05, 3.63) is 75.5 Å². The van der Waals surface area contributed by atoms with Crippen LogP contribution in [0.4, 0.5) is 5.95 Å². The van der Waals surface area contributed by atoms with Crippen molar-refractivity contribution < 1.29 is 0 Å². The average Bonchev–Trinajstić information content (AvgIpc) is 2.95. The fourth-order valence-electron chi connectivity index (χ4n) is 4.20. The van der Waals surface area contributed by atoms with Crippen LogP contribution in [0.2, 0.25) is 5.02 Å². The van der Waals surface area contributed by atoms with Gasteiger partial charge in [0.2, 0.25) is 11.7 Å². The molecule has 0 unspecified atom stereocenters. The Morgan fingerprint density at radius 2 is 1.77 bits per heavy atom. The highest BCUT2D eigenvalue weighted by Gasteiger charge is 2.21. The molecule has 158 valence electrons. The molecule has 3 heterocycles. The molecule has 0 bridgehead atoms. The second-order valence-electron chi connectivity index (χ2n) is 7.91. The molecule has 0 saturated carbocycles. The zero-order valence-corrected chi connectivity index (χ0v) is 18.0. The molecule has 0 spiro atoms. The SMILES string of the molecule is O=c1nc2n(CC=Cc3ccccc3)nc(N3CCCCCC3)n2c2ccc(Cl)cc12. The summed E-state index contributed by atoms with van der Waals surface area (Å²) in [6.45, 7) is 2.43. The van der Waals surface area contributed by atoms with E-state index in [0.717, 1.165) is 43.0 Å². The van der Waals surface area contributed by atoms with Crippen molar-refractivity contribution in [1.82, 2.24) is 19.2 Å². The van der Waals surface area contributed by atoms with Crippen molar-refractivity contribution in [2.75, 3.05) is 18.0 Å². The predicted octanol–water partition coefficient (Wildman–Crippen LogP) is 4.79. The lowest BCUT2D eigenvalue weighted by atomic mass is 10.2. The first-order valence-electron chi connectivity index (χ1n) is 10.8. The van der Waals surface area contributed by atoms with Crippen molar-refractivity contribution in [2.45, 2.75) is 32.2 Å². The molecule has 31 heavy (non-hydrogen) atoms. The van der Waals surface area contributed by atoms with Gasteiger partial charge in [0.25, 0.3) is 5.56 Å². The number of aromatic nitrogens is 4. The Bertz CT molecular complexity index is 1300. The van der Waals surface area contributed by atoms with Gasteiger partial charge in [-0.3, -0.25) is 4.79 Å². The summed E-state index contributed by atoms with van der Waals surface area (Å²) in [4.78, 5) is 19.5. The van der Waals surface area contributed by atoms with Gasteiger partial charge in [-0.15, -0.1) is 5.10 Å². The highest BCUT2D eigenvalue weighted by Crippen LogP contribution is 2.24. The molecule has 1 aliphatic heterocycles. The molecule has 1 aliphatic rings. The number of benzene rings is 2. The summed E-state index contributed by atoms with van der Waals surface area (Å²) in [5.41, 5.74) is 1.63. The van der Waals surface area contributed by atoms with Crippen molar-refractivity contribution in [3.63, 3.8) is 0 Å². The molecule has 0 N–H and O–H groups in total. The Labute approximate surface area is 185 Å². The summed E-state index contributed by atoms with van der Waals surface area (Å²) >= 11 is 6.17. The van der Waals surface area contributed by atoms with E-state index >= 15 is 0 Å². The van der Waals surface area contributed by atoms with Crippen molar-refractivity contribution >= 4 is 40.3 Å². The van der Waals surface area contributed by atoms with Gasteiger partial charge in [-0.1, -0.05) is 66.9 Å². The first-order valence-corrected chi connectivity index (χ1v) is 11.1. The lowest BCUT2D eigenvalue weighted by Crippen LogP contribution is -2.26. The van der Waals surface area contributed by atoms with Crippen molar-refractivity contribution in [2.24, 2.45) is 0 Å². The number of allylic oxidation sites excluding steroid dienone is 1. The molecule has 6 nitrogen and oxygen atoms in total. The van der Waals surface area contributed by atoms with Crippen LogP contribution in [0.15, 0.2) is 59.4 Å². The van der Waals surface area contributed by atoms with E-state index in [4.69, 9.17) is 16.7 Å². The molecule has 4 aromatic rings. The minimum Gasteiger partial charge on any atom is -0.341 e. The largest absolute Gasteiger partial charge is 0.341 e. The maximum absolute atomic E-state index is 12.8. The minimum atomic E-state index is -0.284. The molecule has 1 fully saturated rings. The van der Waals surface area contributed by atoms with E-state index < -0.39 is 0 Å². The first kappa shape index (κ1) is 19.8. The van der Waals surface area contributed by atoms with Crippen molar-refractivity contribution in [3.8, 4) is 0 Å². The highest BCUT2D eigenvalue weighted by molar-refractivity contribution is 6.31. The number of anilines is 1. The van der Waals surface area contributed by atoms with Crippen LogP contribution in [-0.2, 0) is 6.54 Å². The lowest BCUT2D eigenvalue weighted by Gasteiger charge is -2.20. The number of fused-ring (bicyclic) bond motifs is 3. The van der Waals surface area contributed by atoms with E-state index in [2.05, 4.69) is 28.1 Å². The molecule has 0 aliphatic carbocycles. The van der Waals surface area contributed by atoms with E-state index in [1.165, 1.54) is 12.8 Å². The fraction of sp³-hybridized carbons (Fsp3) is 0.292. The van der Waals surface area contributed by atoms with Crippen LogP contribution in [0, 0.1) is 0 Å². The van der Waals surface area contributed by atoms with Crippen LogP contribution in [-0.4, -0.2) is 32.3 Å². The number of hydrogen-bond donors (Lipinski definition) is 0. The normalized spacial score (nSPS) is 15.2. The third-order valence-corrected chi connectivity index (χ3v) is 5.98. The van der Waals surface area contributed by atoms with Crippen molar-refractivity contribution in [1.29, 1.82) is 0 Å². The van der Waals surface area contributed by atoms with Gasteiger partial charge in [0.1, 0.15) is 0 Å². The molecule has 1 saturated heterocycles. The number of rotatable bonds is 4. The van der Waals surface area contributed by atoms with Crippen LogP contribution in [0.5, 0.6) is 0 Å². The molecular formula is C24H24ClN5O. The summed E-state index contributed by atoms with van der Waals surface area (Å²) in [5, 5.41) is 5.96. The minimum absolute atomic E-state index is 0.284. The van der Waals surface area contributed by atoms with Crippen LogP contribution in [0.25, 0.3) is 22.8 Å². The topological polar surface area (TPSA) is 55.4 Å². The molecule has 0 amide bonds. The summed E-state index contributed by atoms with van der Waals surface area (Å²) in [7, 11) is 0. The molecule has 0 atom stereocenters. The molecule has 0 radical (unpaired) electrons. The number of nitrogens with zero attached hydrogens (tertiary/aromatic N) is 5. The first-order chi connectivity index (χ1) is 15.2. The molecule has 5 rings (SSSR count). The Balaban J connectivity index is 1.65. The van der Waals surface area contributed by atoms with E-state index in [1.54, 1.807) is 6.07 Å². The molecule has 2 aromatic carbocycles. The molecule has 2 aromatic heterocycles. The Morgan fingerprint density at radius 1 is 1.00 bits per heavy atom. The maximum Gasteiger partial charge on any atom is 0.282 e. The second-order valence-corrected chi connectivity index (χ2v) is 8.35. The van der Waals surface area contributed by atoms with Gasteiger partial charge in [-0.25, -0.2) is 9.08 Å². The number of halogens is 1. The van der Waals surface area contributed by atoms with Gasteiger partial charge in [0.05, 0.1) is 17.4 Å². The number of hydrogen-bond acceptors (Lipinski definition) is 4. The lowest BCUT2D eigenvalue weighted by molar-refractivity contribution is 0.697. The van der Waals surface area contributed by atoms with Gasteiger partial charge in [-0.2, -0.15) is 4.98 Å². The smallest absolute Gasteiger partial charge is 0.282 e. The summed E-state index contributed by atoms with van der Waals surface area (Å²) in [5.74, 6) is 1.39. The van der Waals surface area contributed by atoms with Gasteiger partial charge < -0.3 is 4.90 Å². The maximum atomic E-state index is 12.8. The molecular weight excluding hydrogens is 410 g/mol. The predicted molar refractivity (Wildman–Crippen MR) is 126 cm³/mol. The monoisotopic (exact) mass is 433 g/mol. The highest BCUT2D eigenvalue weighted by atomic mass is 35.5. The zero-order valence-electron chi connectivity index (χ0n) is 17.2. The Kier molecular flexibility index (Phi) is 5.47. The fourth-order valence-corrected chi connectivity index (χ4v) is 4.37. The van der Waals surface area contributed by atoms with E-state index in [9.17, 15) is 4.79 Å². The molecule has 7 heteroatoms. The van der Waals surface area contributed by atoms with Crippen LogP contribution < -0.4 is 10.5 Å². The Hall–Kier alpha value is -3.12. The Morgan fingerprint density at radius 3 is 2.55 bits per heavy atom. The standard InChI is InChI=1S/C24H24ClN5O/c25-19-12-13-21-20(17-19)22(31)26-23-29(16-8-11-18-9-4-3-5-10-18)27-24(30(21)23)28-14-6-1-2-7-15-28/h3-5,8-13,17H,1-2,6-7,14-16H2. The average molecular weight is 434 g/mol. The van der Waals surface area contributed by atoms with Gasteiger partial charge in [0, 0.05) is 18.1 Å². The zero-order chi connectivity index (χ0) is 21.2. The third-order valence-electron chi connectivity index (χ3n) is 5.75. The summed E-state index contributed by atoms with van der Waals surface area (Å²) < 4.78 is 3.82. The summed E-state index contributed by atoms with van der Waals surface area (Å²) in [6.07, 6.45) is 8.85. The van der Waals surface area contributed by atoms with Gasteiger partial charge >= 0.3 is 0 Å².